The molecule has 1 aromatic rings. The van der Waals surface area contributed by atoms with E-state index >= 15 is 0 Å². The Morgan fingerprint density at radius 1 is 1.17 bits per heavy atom. The van der Waals surface area contributed by atoms with Gasteiger partial charge in [0.2, 0.25) is 0 Å². The molecule has 0 amide bonds. The van der Waals surface area contributed by atoms with Crippen molar-refractivity contribution in [1.29, 1.82) is 0 Å². The molecular weight excluding hydrogens is 256 g/mol. The molecule has 6 nitrogen and oxygen atoms in total. The van der Waals surface area contributed by atoms with E-state index in [1.165, 1.54) is 6.33 Å². The van der Waals surface area contributed by atoms with E-state index in [4.69, 9.17) is 16.7 Å². The zero-order valence-electron chi connectivity index (χ0n) is 10.1. The molecule has 2 heterocycles. The van der Waals surface area contributed by atoms with Crippen LogP contribution in [-0.2, 0) is 6.61 Å². The Balaban J connectivity index is 2.07. The summed E-state index contributed by atoms with van der Waals surface area (Å²) in [5, 5.41) is 18.5. The largest absolute Gasteiger partial charge is 0.395 e. The zero-order chi connectivity index (χ0) is 13.0. The zero-order valence-corrected chi connectivity index (χ0v) is 10.8. The third-order valence-electron chi connectivity index (χ3n) is 3.12. The maximum atomic E-state index is 9.33. The number of rotatable bonds is 4. The Bertz CT molecular complexity index is 397. The Kier molecular flexibility index (Phi) is 4.71. The molecule has 1 aromatic heterocycles. The summed E-state index contributed by atoms with van der Waals surface area (Å²) in [6.07, 6.45) is 1.41. The van der Waals surface area contributed by atoms with Gasteiger partial charge in [0, 0.05) is 32.7 Å². The third kappa shape index (κ3) is 2.89. The Labute approximate surface area is 111 Å². The number of aromatic nitrogens is 2. The highest BCUT2D eigenvalue weighted by molar-refractivity contribution is 6.30. The molecule has 18 heavy (non-hydrogen) atoms. The van der Waals surface area contributed by atoms with E-state index in [1.807, 2.05) is 0 Å². The molecule has 0 bridgehead atoms. The van der Waals surface area contributed by atoms with Gasteiger partial charge < -0.3 is 15.1 Å². The van der Waals surface area contributed by atoms with Crippen LogP contribution in [0.5, 0.6) is 0 Å². The van der Waals surface area contributed by atoms with Crippen LogP contribution in [0.25, 0.3) is 0 Å². The number of aliphatic hydroxyl groups excluding tert-OH is 2. The van der Waals surface area contributed by atoms with Gasteiger partial charge in [0.15, 0.2) is 0 Å². The maximum Gasteiger partial charge on any atom is 0.140 e. The molecule has 1 saturated heterocycles. The number of β-amino-alcohol motifs (C(OH)–C–C–N with tert-alkyl or cyclic N) is 1. The maximum absolute atomic E-state index is 9.33. The molecule has 0 atom stereocenters. The molecule has 0 radical (unpaired) electrons. The van der Waals surface area contributed by atoms with Crippen molar-refractivity contribution in [2.24, 2.45) is 0 Å². The van der Waals surface area contributed by atoms with Crippen LogP contribution < -0.4 is 4.90 Å². The van der Waals surface area contributed by atoms with Crippen molar-refractivity contribution >= 4 is 17.4 Å². The molecule has 1 fully saturated rings. The van der Waals surface area contributed by atoms with Crippen molar-refractivity contribution in [2.75, 3.05) is 44.2 Å². The molecule has 2 rings (SSSR count). The molecular formula is C11H17ClN4O2. The normalized spacial score (nSPS) is 17.2. The predicted octanol–water partition coefficient (Wildman–Crippen LogP) is -0.263. The second-order valence-corrected chi connectivity index (χ2v) is 4.54. The van der Waals surface area contributed by atoms with Crippen molar-refractivity contribution < 1.29 is 10.2 Å². The summed E-state index contributed by atoms with van der Waals surface area (Å²) in [5.74, 6) is 0.709. The number of hydrogen-bond donors (Lipinski definition) is 2. The van der Waals surface area contributed by atoms with Gasteiger partial charge in [-0.25, -0.2) is 9.97 Å². The van der Waals surface area contributed by atoms with Crippen molar-refractivity contribution in [1.82, 2.24) is 14.9 Å². The Morgan fingerprint density at radius 2 is 1.89 bits per heavy atom. The van der Waals surface area contributed by atoms with Crippen molar-refractivity contribution in [3.8, 4) is 0 Å². The number of halogens is 1. The number of piperazine rings is 1. The summed E-state index contributed by atoms with van der Waals surface area (Å²) in [4.78, 5) is 12.4. The summed E-state index contributed by atoms with van der Waals surface area (Å²) in [6.45, 7) is 4.07. The van der Waals surface area contributed by atoms with E-state index in [1.54, 1.807) is 0 Å². The first-order valence-electron chi connectivity index (χ1n) is 5.94. The van der Waals surface area contributed by atoms with Gasteiger partial charge >= 0.3 is 0 Å². The molecule has 2 N–H and O–H groups in total. The Morgan fingerprint density at radius 3 is 2.50 bits per heavy atom. The van der Waals surface area contributed by atoms with Crippen LogP contribution in [0.3, 0.4) is 0 Å². The number of nitrogens with zero attached hydrogens (tertiary/aromatic N) is 4. The number of anilines is 1. The van der Waals surface area contributed by atoms with Gasteiger partial charge in [-0.2, -0.15) is 0 Å². The van der Waals surface area contributed by atoms with E-state index in [-0.39, 0.29) is 13.2 Å². The van der Waals surface area contributed by atoms with Crippen LogP contribution in [-0.4, -0.2) is 64.4 Å². The molecule has 0 aromatic carbocycles. The van der Waals surface area contributed by atoms with Crippen molar-refractivity contribution in [3.63, 3.8) is 0 Å². The van der Waals surface area contributed by atoms with Crippen LogP contribution in [0.15, 0.2) is 6.33 Å². The molecule has 0 spiro atoms. The smallest absolute Gasteiger partial charge is 0.140 e. The summed E-state index contributed by atoms with van der Waals surface area (Å²) < 4.78 is 0. The van der Waals surface area contributed by atoms with Crippen LogP contribution in [0, 0.1) is 0 Å². The first kappa shape index (κ1) is 13.5. The number of aliphatic hydroxyl groups is 2. The fourth-order valence-corrected chi connectivity index (χ4v) is 2.30. The summed E-state index contributed by atoms with van der Waals surface area (Å²) in [6, 6.07) is 0. The second-order valence-electron chi connectivity index (χ2n) is 4.18. The van der Waals surface area contributed by atoms with E-state index < -0.39 is 0 Å². The van der Waals surface area contributed by atoms with E-state index in [0.29, 0.717) is 23.1 Å². The van der Waals surface area contributed by atoms with Gasteiger partial charge in [0.05, 0.1) is 18.8 Å². The average molecular weight is 273 g/mol. The highest BCUT2D eigenvalue weighted by Gasteiger charge is 2.21. The SMILES string of the molecule is OCCN1CCN(c2ncnc(Cl)c2CO)CC1. The Hall–Kier alpha value is -0.950. The standard InChI is InChI=1S/C11H17ClN4O2/c12-10-9(7-18)11(14-8-13-10)16-3-1-15(2-4-16)5-6-17/h8,17-18H,1-7H2. The average Bonchev–Trinajstić information content (AvgIpc) is 2.40. The summed E-state index contributed by atoms with van der Waals surface area (Å²) in [7, 11) is 0. The van der Waals surface area contributed by atoms with Crippen LogP contribution in [0.4, 0.5) is 5.82 Å². The molecule has 7 heteroatoms. The highest BCUT2D eigenvalue weighted by Crippen LogP contribution is 2.24. The van der Waals surface area contributed by atoms with Crippen molar-refractivity contribution in [3.05, 3.63) is 17.0 Å². The lowest BCUT2D eigenvalue weighted by Crippen LogP contribution is -2.47. The van der Waals surface area contributed by atoms with Gasteiger partial charge in [-0.3, -0.25) is 4.90 Å². The van der Waals surface area contributed by atoms with Crippen LogP contribution in [0.2, 0.25) is 5.15 Å². The fraction of sp³-hybridized carbons (Fsp3) is 0.636. The van der Waals surface area contributed by atoms with Gasteiger partial charge in [0.25, 0.3) is 0 Å². The minimum Gasteiger partial charge on any atom is -0.395 e. The topological polar surface area (TPSA) is 72.7 Å². The van der Waals surface area contributed by atoms with Crippen LogP contribution in [0.1, 0.15) is 5.56 Å². The van der Waals surface area contributed by atoms with E-state index in [9.17, 15) is 5.11 Å². The van der Waals surface area contributed by atoms with Gasteiger partial charge in [-0.05, 0) is 0 Å². The predicted molar refractivity (Wildman–Crippen MR) is 68.7 cm³/mol. The van der Waals surface area contributed by atoms with Crippen molar-refractivity contribution in [2.45, 2.75) is 6.61 Å². The second kappa shape index (κ2) is 6.29. The van der Waals surface area contributed by atoms with Crippen LogP contribution >= 0.6 is 11.6 Å². The highest BCUT2D eigenvalue weighted by atomic mass is 35.5. The monoisotopic (exact) mass is 272 g/mol. The molecule has 0 unspecified atom stereocenters. The van der Waals surface area contributed by atoms with E-state index in [2.05, 4.69) is 19.8 Å². The number of hydrogen-bond acceptors (Lipinski definition) is 6. The first-order valence-corrected chi connectivity index (χ1v) is 6.32. The minimum atomic E-state index is -0.161. The summed E-state index contributed by atoms with van der Waals surface area (Å²) in [5.41, 5.74) is 0.578. The molecule has 0 saturated carbocycles. The van der Waals surface area contributed by atoms with Gasteiger partial charge in [0.1, 0.15) is 17.3 Å². The third-order valence-corrected chi connectivity index (χ3v) is 3.44. The lowest BCUT2D eigenvalue weighted by atomic mass is 10.2. The minimum absolute atomic E-state index is 0.161. The summed E-state index contributed by atoms with van der Waals surface area (Å²) >= 11 is 5.95. The van der Waals surface area contributed by atoms with Gasteiger partial charge in [-0.15, -0.1) is 0 Å². The quantitative estimate of drug-likeness (QED) is 0.736. The lowest BCUT2D eigenvalue weighted by molar-refractivity contribution is 0.188. The molecule has 1 aliphatic heterocycles. The fourth-order valence-electron chi connectivity index (χ4n) is 2.12. The lowest BCUT2D eigenvalue weighted by Gasteiger charge is -2.35. The van der Waals surface area contributed by atoms with Gasteiger partial charge in [-0.1, -0.05) is 11.6 Å². The first-order chi connectivity index (χ1) is 8.76. The molecule has 1 aliphatic rings. The molecule has 0 aliphatic carbocycles. The molecule has 100 valence electrons. The van der Waals surface area contributed by atoms with E-state index in [0.717, 1.165) is 26.2 Å².